The Kier molecular flexibility index (Phi) is 6.11. The van der Waals surface area contributed by atoms with E-state index in [0.29, 0.717) is 18.2 Å². The lowest BCUT2D eigenvalue weighted by molar-refractivity contribution is -0.385. The summed E-state index contributed by atoms with van der Waals surface area (Å²) in [4.78, 5) is 10.4. The summed E-state index contributed by atoms with van der Waals surface area (Å²) < 4.78 is 26.3. The molecule has 126 valence electrons. The van der Waals surface area contributed by atoms with E-state index in [2.05, 4.69) is 5.32 Å². The molecule has 0 amide bonds. The molecule has 7 heteroatoms. The Labute approximate surface area is 137 Å². The van der Waals surface area contributed by atoms with Crippen LogP contribution in [-0.4, -0.2) is 23.1 Å². The predicted molar refractivity (Wildman–Crippen MR) is 86.3 cm³/mol. The SMILES string of the molecule is O=[N+]([O-])c1ccccc1/C=C/CNC[C@@H](O)c1ccc(F)cc1F. The Balaban J connectivity index is 1.88. The van der Waals surface area contributed by atoms with E-state index in [1.807, 2.05) is 0 Å². The summed E-state index contributed by atoms with van der Waals surface area (Å²) in [7, 11) is 0. The second-order valence-electron chi connectivity index (χ2n) is 5.06. The van der Waals surface area contributed by atoms with Gasteiger partial charge in [-0.25, -0.2) is 8.78 Å². The average molecular weight is 334 g/mol. The lowest BCUT2D eigenvalue weighted by Gasteiger charge is -2.12. The van der Waals surface area contributed by atoms with Gasteiger partial charge in [0.1, 0.15) is 11.6 Å². The number of nitro groups is 1. The summed E-state index contributed by atoms with van der Waals surface area (Å²) in [5.74, 6) is -1.51. The van der Waals surface area contributed by atoms with Crippen LogP contribution in [0.2, 0.25) is 0 Å². The van der Waals surface area contributed by atoms with Crippen molar-refractivity contribution in [1.29, 1.82) is 0 Å². The summed E-state index contributed by atoms with van der Waals surface area (Å²) in [6.45, 7) is 0.385. The molecule has 0 spiro atoms. The van der Waals surface area contributed by atoms with Crippen LogP contribution in [0.3, 0.4) is 0 Å². The van der Waals surface area contributed by atoms with Crippen molar-refractivity contribution in [2.45, 2.75) is 6.10 Å². The maximum atomic E-state index is 13.5. The third kappa shape index (κ3) is 4.68. The molecule has 2 rings (SSSR count). The van der Waals surface area contributed by atoms with Crippen LogP contribution in [0.25, 0.3) is 6.08 Å². The van der Waals surface area contributed by atoms with Gasteiger partial charge in [-0.1, -0.05) is 30.4 Å². The molecular formula is C17H16F2N2O3. The summed E-state index contributed by atoms with van der Waals surface area (Å²) in [5, 5.41) is 23.6. The number of halogens is 2. The van der Waals surface area contributed by atoms with Crippen molar-refractivity contribution < 1.29 is 18.8 Å². The van der Waals surface area contributed by atoms with Crippen LogP contribution in [0.1, 0.15) is 17.2 Å². The fourth-order valence-corrected chi connectivity index (χ4v) is 2.17. The Hall–Kier alpha value is -2.64. The minimum absolute atomic E-state index is 0.00201. The molecule has 0 aliphatic rings. The van der Waals surface area contributed by atoms with Gasteiger partial charge in [0.2, 0.25) is 0 Å². The highest BCUT2D eigenvalue weighted by Gasteiger charge is 2.13. The number of benzene rings is 2. The van der Waals surface area contributed by atoms with Gasteiger partial charge in [-0.15, -0.1) is 0 Å². The number of nitro benzene ring substituents is 1. The lowest BCUT2D eigenvalue weighted by atomic mass is 10.1. The molecule has 5 nitrogen and oxygen atoms in total. The van der Waals surface area contributed by atoms with Gasteiger partial charge in [-0.2, -0.15) is 0 Å². The first kappa shape index (κ1) is 17.7. The number of hydrogen-bond acceptors (Lipinski definition) is 4. The van der Waals surface area contributed by atoms with Gasteiger partial charge < -0.3 is 10.4 Å². The molecule has 0 aromatic heterocycles. The first-order chi connectivity index (χ1) is 11.5. The predicted octanol–water partition coefficient (Wildman–Crippen LogP) is 3.21. The van der Waals surface area contributed by atoms with Gasteiger partial charge >= 0.3 is 0 Å². The van der Waals surface area contributed by atoms with Gasteiger partial charge in [-0.05, 0) is 12.1 Å². The number of nitrogens with one attached hydrogen (secondary N) is 1. The molecule has 0 heterocycles. The van der Waals surface area contributed by atoms with E-state index >= 15 is 0 Å². The Morgan fingerprint density at radius 2 is 2.00 bits per heavy atom. The van der Waals surface area contributed by atoms with Crippen LogP contribution in [0.4, 0.5) is 14.5 Å². The van der Waals surface area contributed by atoms with Crippen LogP contribution in [0.5, 0.6) is 0 Å². The van der Waals surface area contributed by atoms with Crippen molar-refractivity contribution in [3.63, 3.8) is 0 Å². The van der Waals surface area contributed by atoms with Gasteiger partial charge in [0.25, 0.3) is 5.69 Å². The summed E-state index contributed by atoms with van der Waals surface area (Å²) >= 11 is 0. The van der Waals surface area contributed by atoms with E-state index < -0.39 is 22.7 Å². The van der Waals surface area contributed by atoms with Crippen LogP contribution in [0.15, 0.2) is 48.5 Å². The molecule has 0 saturated heterocycles. The third-order valence-corrected chi connectivity index (χ3v) is 3.35. The van der Waals surface area contributed by atoms with Crippen LogP contribution in [0, 0.1) is 21.7 Å². The van der Waals surface area contributed by atoms with Crippen molar-refractivity contribution in [3.8, 4) is 0 Å². The quantitative estimate of drug-likeness (QED) is 0.463. The first-order valence-electron chi connectivity index (χ1n) is 7.22. The first-order valence-corrected chi connectivity index (χ1v) is 7.22. The molecule has 0 bridgehead atoms. The standard InChI is InChI=1S/C17H16F2N2O3/c18-13-7-8-14(15(19)10-13)17(22)11-20-9-3-5-12-4-1-2-6-16(12)21(23)24/h1-8,10,17,20,22H,9,11H2/b5-3+/t17-/m1/s1. The van der Waals surface area contributed by atoms with Crippen LogP contribution in [-0.2, 0) is 0 Å². The summed E-state index contributed by atoms with van der Waals surface area (Å²) in [5.41, 5.74) is 0.475. The number of nitrogens with zero attached hydrogens (tertiary/aromatic N) is 1. The van der Waals surface area contributed by atoms with Crippen LogP contribution < -0.4 is 5.32 Å². The van der Waals surface area contributed by atoms with Crippen molar-refractivity contribution in [2.24, 2.45) is 0 Å². The normalized spacial score (nSPS) is 12.5. The molecule has 0 unspecified atom stereocenters. The molecule has 2 aromatic rings. The average Bonchev–Trinajstić information content (AvgIpc) is 2.54. The minimum atomic E-state index is -1.12. The molecule has 0 radical (unpaired) electrons. The Morgan fingerprint density at radius 3 is 2.71 bits per heavy atom. The van der Waals surface area contributed by atoms with Gasteiger partial charge in [-0.3, -0.25) is 10.1 Å². The lowest BCUT2D eigenvalue weighted by Crippen LogP contribution is -2.22. The summed E-state index contributed by atoms with van der Waals surface area (Å²) in [6.07, 6.45) is 2.14. The van der Waals surface area contributed by atoms with E-state index in [4.69, 9.17) is 0 Å². The number of aliphatic hydroxyl groups excluding tert-OH is 1. The number of hydrogen-bond donors (Lipinski definition) is 2. The maximum Gasteiger partial charge on any atom is 0.276 e. The Morgan fingerprint density at radius 1 is 1.25 bits per heavy atom. The highest BCUT2D eigenvalue weighted by molar-refractivity contribution is 5.60. The summed E-state index contributed by atoms with van der Waals surface area (Å²) in [6, 6.07) is 9.30. The van der Waals surface area contributed by atoms with Crippen LogP contribution >= 0.6 is 0 Å². The molecule has 0 saturated carbocycles. The molecule has 2 N–H and O–H groups in total. The zero-order chi connectivity index (χ0) is 17.5. The van der Waals surface area contributed by atoms with E-state index in [1.165, 1.54) is 12.1 Å². The highest BCUT2D eigenvalue weighted by Crippen LogP contribution is 2.19. The third-order valence-electron chi connectivity index (χ3n) is 3.35. The zero-order valence-electron chi connectivity index (χ0n) is 12.7. The monoisotopic (exact) mass is 334 g/mol. The van der Waals surface area contributed by atoms with Crippen molar-refractivity contribution in [1.82, 2.24) is 5.32 Å². The van der Waals surface area contributed by atoms with Crippen molar-refractivity contribution in [2.75, 3.05) is 13.1 Å². The fourth-order valence-electron chi connectivity index (χ4n) is 2.17. The number of para-hydroxylation sites is 1. The zero-order valence-corrected chi connectivity index (χ0v) is 12.7. The van der Waals surface area contributed by atoms with E-state index in [0.717, 1.165) is 6.07 Å². The molecule has 2 aromatic carbocycles. The molecule has 1 atom stereocenters. The largest absolute Gasteiger partial charge is 0.387 e. The highest BCUT2D eigenvalue weighted by atomic mass is 19.1. The van der Waals surface area contributed by atoms with Gasteiger partial charge in [0.15, 0.2) is 0 Å². The number of aliphatic hydroxyl groups is 1. The topological polar surface area (TPSA) is 75.4 Å². The minimum Gasteiger partial charge on any atom is -0.387 e. The van der Waals surface area contributed by atoms with E-state index in [9.17, 15) is 24.0 Å². The van der Waals surface area contributed by atoms with Crippen molar-refractivity contribution in [3.05, 3.63) is 81.4 Å². The molecule has 0 aliphatic heterocycles. The smallest absolute Gasteiger partial charge is 0.276 e. The fraction of sp³-hybridized carbons (Fsp3) is 0.176. The molecule has 24 heavy (non-hydrogen) atoms. The maximum absolute atomic E-state index is 13.5. The van der Waals surface area contributed by atoms with E-state index in [-0.39, 0.29) is 17.8 Å². The van der Waals surface area contributed by atoms with Gasteiger partial charge in [0, 0.05) is 30.8 Å². The molecule has 0 fully saturated rings. The second-order valence-corrected chi connectivity index (χ2v) is 5.06. The molecular weight excluding hydrogens is 318 g/mol. The van der Waals surface area contributed by atoms with E-state index in [1.54, 1.807) is 30.4 Å². The van der Waals surface area contributed by atoms with Gasteiger partial charge in [0.05, 0.1) is 16.6 Å². The Bertz CT molecular complexity index is 750. The number of rotatable bonds is 7. The second kappa shape index (κ2) is 8.28. The molecule has 0 aliphatic carbocycles. The van der Waals surface area contributed by atoms with Crippen molar-refractivity contribution >= 4 is 11.8 Å².